The van der Waals surface area contributed by atoms with Crippen molar-refractivity contribution < 1.29 is 23.8 Å². The summed E-state index contributed by atoms with van der Waals surface area (Å²) in [6.45, 7) is 4.95. The molecule has 9 nitrogen and oxygen atoms in total. The predicted octanol–water partition coefficient (Wildman–Crippen LogP) is 3.64. The van der Waals surface area contributed by atoms with E-state index in [1.165, 1.54) is 0 Å². The van der Waals surface area contributed by atoms with E-state index >= 15 is 0 Å². The Morgan fingerprint density at radius 3 is 2.89 bits per heavy atom. The molecule has 0 fully saturated rings. The number of H-pyrrole nitrogens is 1. The Morgan fingerprint density at radius 1 is 1.29 bits per heavy atom. The largest absolute Gasteiger partial charge is 0.490 e. The summed E-state index contributed by atoms with van der Waals surface area (Å²) >= 11 is 0. The lowest BCUT2D eigenvalue weighted by Crippen LogP contribution is -2.20. The van der Waals surface area contributed by atoms with Crippen LogP contribution in [-0.4, -0.2) is 60.5 Å². The molecule has 35 heavy (non-hydrogen) atoms. The number of pyridine rings is 1. The number of Topliss-reactive ketones (excluding diaryl/α,β-unsaturated/α-hetero) is 1. The van der Waals surface area contributed by atoms with Gasteiger partial charge in [0, 0.05) is 29.9 Å². The Hall–Kier alpha value is -4.11. The van der Waals surface area contributed by atoms with Gasteiger partial charge in [-0.2, -0.15) is 0 Å². The molecule has 9 heteroatoms. The molecule has 0 spiro atoms. The molecule has 2 N–H and O–H groups in total. The first-order chi connectivity index (χ1) is 16.9. The van der Waals surface area contributed by atoms with E-state index in [0.29, 0.717) is 29.3 Å². The molecule has 0 unspecified atom stereocenters. The zero-order valence-electron chi connectivity index (χ0n) is 20.2. The van der Waals surface area contributed by atoms with Crippen molar-refractivity contribution in [1.82, 2.24) is 14.9 Å². The van der Waals surface area contributed by atoms with Crippen molar-refractivity contribution in [3.05, 3.63) is 71.1 Å². The molecule has 0 bridgehead atoms. The van der Waals surface area contributed by atoms with Crippen LogP contribution in [0.5, 0.6) is 5.75 Å². The summed E-state index contributed by atoms with van der Waals surface area (Å²) in [6, 6.07) is 9.29. The van der Waals surface area contributed by atoms with E-state index in [1.54, 1.807) is 31.5 Å². The monoisotopic (exact) mass is 476 g/mol. The molecule has 3 heterocycles. The van der Waals surface area contributed by atoms with Crippen LogP contribution in [0.4, 0.5) is 5.69 Å². The van der Waals surface area contributed by atoms with Crippen molar-refractivity contribution in [3.63, 3.8) is 0 Å². The SMILES string of the molecule is CCOC(=O)C1=C(Nc2ccc(C)cc2OCCN(C)C)OC(=Cc2c[nH]c3ncccc23)C1=O. The molecule has 0 atom stereocenters. The molecular weight excluding hydrogens is 448 g/mol. The first-order valence-electron chi connectivity index (χ1n) is 11.3. The molecule has 3 aromatic rings. The number of anilines is 1. The lowest BCUT2D eigenvalue weighted by Gasteiger charge is -2.16. The Kier molecular flexibility index (Phi) is 7.17. The molecule has 1 aromatic carbocycles. The quantitative estimate of drug-likeness (QED) is 0.274. The summed E-state index contributed by atoms with van der Waals surface area (Å²) in [5.74, 6) is -0.738. The highest BCUT2D eigenvalue weighted by Crippen LogP contribution is 2.33. The average Bonchev–Trinajstić information content (AvgIpc) is 3.36. The minimum absolute atomic E-state index is 0.000945. The molecule has 0 radical (unpaired) electrons. The summed E-state index contributed by atoms with van der Waals surface area (Å²) in [5, 5.41) is 3.90. The van der Waals surface area contributed by atoms with Crippen LogP contribution >= 0.6 is 0 Å². The number of likely N-dealkylation sites (N-methyl/N-ethyl adjacent to an activating group) is 1. The maximum atomic E-state index is 13.2. The van der Waals surface area contributed by atoms with Crippen molar-refractivity contribution >= 4 is 34.5 Å². The highest BCUT2D eigenvalue weighted by atomic mass is 16.5. The number of aryl methyl sites for hydroxylation is 1. The fourth-order valence-electron chi connectivity index (χ4n) is 3.56. The van der Waals surface area contributed by atoms with Gasteiger partial charge in [-0.1, -0.05) is 6.07 Å². The number of ketones is 1. The molecule has 0 saturated heterocycles. The predicted molar refractivity (Wildman–Crippen MR) is 133 cm³/mol. The van der Waals surface area contributed by atoms with Crippen molar-refractivity contribution in [1.29, 1.82) is 0 Å². The number of hydrogen-bond acceptors (Lipinski definition) is 8. The normalized spacial score (nSPS) is 14.7. The van der Waals surface area contributed by atoms with E-state index in [0.717, 1.165) is 17.5 Å². The Balaban J connectivity index is 1.67. The number of aromatic nitrogens is 2. The van der Waals surface area contributed by atoms with Crippen LogP contribution in [0.15, 0.2) is 59.9 Å². The fraction of sp³-hybridized carbons (Fsp3) is 0.269. The standard InChI is InChI=1S/C26H28N4O5/c1-5-33-26(32)22-23(31)21(14-17-15-28-24-18(17)7-6-10-27-24)35-25(22)29-19-9-8-16(2)13-20(19)34-12-11-30(3)4/h6-10,13-15,29H,5,11-12H2,1-4H3,(H,27,28). The first kappa shape index (κ1) is 24.0. The number of hydrogen-bond donors (Lipinski definition) is 2. The van der Waals surface area contributed by atoms with Crippen LogP contribution in [0.2, 0.25) is 0 Å². The van der Waals surface area contributed by atoms with Crippen molar-refractivity contribution in [3.8, 4) is 5.75 Å². The summed E-state index contributed by atoms with van der Waals surface area (Å²) in [4.78, 5) is 35.3. The van der Waals surface area contributed by atoms with E-state index in [2.05, 4.69) is 15.3 Å². The molecule has 1 aliphatic heterocycles. The number of nitrogens with zero attached hydrogens (tertiary/aromatic N) is 2. The number of nitrogens with one attached hydrogen (secondary N) is 2. The molecule has 0 amide bonds. The van der Waals surface area contributed by atoms with Crippen LogP contribution in [0.3, 0.4) is 0 Å². The van der Waals surface area contributed by atoms with Gasteiger partial charge in [-0.3, -0.25) is 4.79 Å². The second-order valence-electron chi connectivity index (χ2n) is 8.28. The Bertz CT molecular complexity index is 1320. The Morgan fingerprint density at radius 2 is 2.11 bits per heavy atom. The first-order valence-corrected chi connectivity index (χ1v) is 11.3. The van der Waals surface area contributed by atoms with Crippen LogP contribution in [-0.2, 0) is 19.1 Å². The maximum absolute atomic E-state index is 13.2. The number of aromatic amines is 1. The summed E-state index contributed by atoms with van der Waals surface area (Å²) in [5.41, 5.74) is 2.77. The number of benzene rings is 1. The third kappa shape index (κ3) is 5.36. The van der Waals surface area contributed by atoms with Gasteiger partial charge in [-0.25, -0.2) is 9.78 Å². The molecule has 0 saturated carbocycles. The fourth-order valence-corrected chi connectivity index (χ4v) is 3.56. The van der Waals surface area contributed by atoms with E-state index in [9.17, 15) is 9.59 Å². The van der Waals surface area contributed by atoms with E-state index in [-0.39, 0.29) is 23.8 Å². The van der Waals surface area contributed by atoms with E-state index < -0.39 is 11.8 Å². The molecular formula is C26H28N4O5. The zero-order valence-corrected chi connectivity index (χ0v) is 20.2. The van der Waals surface area contributed by atoms with Gasteiger partial charge < -0.3 is 29.4 Å². The summed E-state index contributed by atoms with van der Waals surface area (Å²) in [7, 11) is 3.93. The van der Waals surface area contributed by atoms with Crippen LogP contribution in [0, 0.1) is 6.92 Å². The third-order valence-electron chi connectivity index (χ3n) is 5.32. The molecule has 2 aromatic heterocycles. The van der Waals surface area contributed by atoms with Gasteiger partial charge in [0.15, 0.2) is 11.3 Å². The van der Waals surface area contributed by atoms with Gasteiger partial charge in [0.05, 0.1) is 12.3 Å². The second-order valence-corrected chi connectivity index (χ2v) is 8.28. The number of carbonyl (C=O) groups excluding carboxylic acids is 2. The van der Waals surface area contributed by atoms with Gasteiger partial charge >= 0.3 is 5.97 Å². The summed E-state index contributed by atoms with van der Waals surface area (Å²) in [6.07, 6.45) is 4.99. The van der Waals surface area contributed by atoms with Crippen LogP contribution in [0.25, 0.3) is 17.1 Å². The van der Waals surface area contributed by atoms with Crippen molar-refractivity contribution in [2.24, 2.45) is 0 Å². The zero-order chi connectivity index (χ0) is 24.9. The van der Waals surface area contributed by atoms with Crippen molar-refractivity contribution in [2.45, 2.75) is 13.8 Å². The van der Waals surface area contributed by atoms with Crippen LogP contribution in [0.1, 0.15) is 18.1 Å². The van der Waals surface area contributed by atoms with Crippen molar-refractivity contribution in [2.75, 3.05) is 39.2 Å². The lowest BCUT2D eigenvalue weighted by atomic mass is 10.1. The van der Waals surface area contributed by atoms with E-state index in [1.807, 2.05) is 50.2 Å². The average molecular weight is 477 g/mol. The highest BCUT2D eigenvalue weighted by Gasteiger charge is 2.37. The van der Waals surface area contributed by atoms with Gasteiger partial charge in [-0.05, 0) is 63.8 Å². The second kappa shape index (κ2) is 10.4. The van der Waals surface area contributed by atoms with Gasteiger partial charge in [0.1, 0.15) is 18.0 Å². The van der Waals surface area contributed by atoms with Gasteiger partial charge in [0.2, 0.25) is 11.7 Å². The molecule has 1 aliphatic rings. The van der Waals surface area contributed by atoms with Gasteiger partial charge in [0.25, 0.3) is 0 Å². The molecule has 0 aliphatic carbocycles. The van der Waals surface area contributed by atoms with E-state index in [4.69, 9.17) is 14.2 Å². The number of fused-ring (bicyclic) bond motifs is 1. The minimum Gasteiger partial charge on any atom is -0.490 e. The Labute approximate surface area is 203 Å². The summed E-state index contributed by atoms with van der Waals surface area (Å²) < 4.78 is 17.0. The van der Waals surface area contributed by atoms with Crippen LogP contribution < -0.4 is 10.1 Å². The highest BCUT2D eigenvalue weighted by molar-refractivity contribution is 6.26. The number of rotatable bonds is 9. The molecule has 4 rings (SSSR count). The smallest absolute Gasteiger partial charge is 0.347 e. The van der Waals surface area contributed by atoms with Gasteiger partial charge in [-0.15, -0.1) is 0 Å². The third-order valence-corrected chi connectivity index (χ3v) is 5.32. The topological polar surface area (TPSA) is 106 Å². The number of carbonyl (C=O) groups is 2. The molecule has 182 valence electrons. The maximum Gasteiger partial charge on any atom is 0.347 e. The number of esters is 1. The minimum atomic E-state index is -0.758. The lowest BCUT2D eigenvalue weighted by molar-refractivity contribution is -0.139. The number of allylic oxidation sites excluding steroid dienone is 1. The number of ether oxygens (including phenoxy) is 3.